The molecule has 0 aliphatic carbocycles. The summed E-state index contributed by atoms with van der Waals surface area (Å²) in [6.07, 6.45) is 1.76. The second-order valence-corrected chi connectivity index (χ2v) is 4.06. The lowest BCUT2D eigenvalue weighted by atomic mass is 10.1. The summed E-state index contributed by atoms with van der Waals surface area (Å²) in [5, 5.41) is 0. The average Bonchev–Trinajstić information content (AvgIpc) is 2.44. The Hall–Kier alpha value is -1.42. The van der Waals surface area contributed by atoms with Crippen LogP contribution in [0.3, 0.4) is 0 Å². The first kappa shape index (κ1) is 9.15. The van der Waals surface area contributed by atoms with E-state index in [9.17, 15) is 0 Å². The fourth-order valence-corrected chi connectivity index (χ4v) is 1.60. The molecule has 0 saturated carbocycles. The van der Waals surface area contributed by atoms with Gasteiger partial charge in [-0.1, -0.05) is 0 Å². The van der Waals surface area contributed by atoms with E-state index in [-0.39, 0.29) is 0 Å². The Morgan fingerprint density at radius 1 is 1.43 bits per heavy atom. The van der Waals surface area contributed by atoms with Crippen LogP contribution in [-0.2, 0) is 12.6 Å². The summed E-state index contributed by atoms with van der Waals surface area (Å²) in [6, 6.07) is 3.82. The number of rotatable bonds is 1. The van der Waals surface area contributed by atoms with E-state index in [1.165, 1.54) is 0 Å². The highest BCUT2D eigenvalue weighted by atomic mass is 15.1. The number of hydrogen-bond acceptors (Lipinski definition) is 3. The molecule has 0 spiro atoms. The van der Waals surface area contributed by atoms with Crippen LogP contribution in [0.2, 0.25) is 0 Å². The minimum Gasteiger partial charge on any atom is -0.319 e. The molecule has 2 N–H and O–H groups in total. The molecule has 0 atom stereocenters. The van der Waals surface area contributed by atoms with Crippen molar-refractivity contribution in [3.05, 3.63) is 24.2 Å². The molecule has 0 aliphatic heterocycles. The van der Waals surface area contributed by atoms with Gasteiger partial charge in [0.25, 0.3) is 0 Å². The van der Waals surface area contributed by atoms with Crippen molar-refractivity contribution in [2.75, 3.05) is 0 Å². The standard InChI is InChI=1S/C10H14N4/c1-10(2,11)9-13-7-5-4-6-12-8(7)14(9)3/h4-6H,11H2,1-3H3. The van der Waals surface area contributed by atoms with E-state index in [0.29, 0.717) is 0 Å². The lowest BCUT2D eigenvalue weighted by Gasteiger charge is -2.17. The molecule has 0 bridgehead atoms. The molecule has 0 amide bonds. The zero-order valence-corrected chi connectivity index (χ0v) is 8.65. The predicted octanol–water partition coefficient (Wildman–Crippen LogP) is 1.16. The molecule has 0 aliphatic rings. The van der Waals surface area contributed by atoms with E-state index in [1.54, 1.807) is 6.20 Å². The first-order valence-corrected chi connectivity index (χ1v) is 4.57. The van der Waals surface area contributed by atoms with Crippen molar-refractivity contribution in [2.45, 2.75) is 19.4 Å². The van der Waals surface area contributed by atoms with Crippen LogP contribution in [0.4, 0.5) is 0 Å². The second-order valence-electron chi connectivity index (χ2n) is 4.06. The van der Waals surface area contributed by atoms with Crippen molar-refractivity contribution in [2.24, 2.45) is 12.8 Å². The third-order valence-electron chi connectivity index (χ3n) is 2.20. The molecule has 0 saturated heterocycles. The van der Waals surface area contributed by atoms with Crippen molar-refractivity contribution in [1.29, 1.82) is 0 Å². The largest absolute Gasteiger partial charge is 0.319 e. The number of nitrogens with zero attached hydrogens (tertiary/aromatic N) is 3. The molecule has 74 valence electrons. The fourth-order valence-electron chi connectivity index (χ4n) is 1.60. The van der Waals surface area contributed by atoms with Crippen LogP contribution in [-0.4, -0.2) is 14.5 Å². The zero-order chi connectivity index (χ0) is 10.3. The van der Waals surface area contributed by atoms with Crippen LogP contribution < -0.4 is 5.73 Å². The van der Waals surface area contributed by atoms with Gasteiger partial charge in [-0.15, -0.1) is 0 Å². The van der Waals surface area contributed by atoms with E-state index in [0.717, 1.165) is 17.0 Å². The monoisotopic (exact) mass is 190 g/mol. The highest BCUT2D eigenvalue weighted by molar-refractivity contribution is 5.71. The van der Waals surface area contributed by atoms with E-state index in [4.69, 9.17) is 5.73 Å². The van der Waals surface area contributed by atoms with Crippen LogP contribution in [0.1, 0.15) is 19.7 Å². The van der Waals surface area contributed by atoms with Crippen LogP contribution in [0.15, 0.2) is 18.3 Å². The van der Waals surface area contributed by atoms with Gasteiger partial charge < -0.3 is 10.3 Å². The van der Waals surface area contributed by atoms with Gasteiger partial charge in [0.15, 0.2) is 5.65 Å². The van der Waals surface area contributed by atoms with Crippen molar-refractivity contribution in [1.82, 2.24) is 14.5 Å². The highest BCUT2D eigenvalue weighted by Crippen LogP contribution is 2.19. The number of pyridine rings is 1. The maximum Gasteiger partial charge on any atom is 0.159 e. The second kappa shape index (κ2) is 2.78. The van der Waals surface area contributed by atoms with E-state index >= 15 is 0 Å². The first-order chi connectivity index (χ1) is 6.50. The van der Waals surface area contributed by atoms with Gasteiger partial charge in [0.2, 0.25) is 0 Å². The van der Waals surface area contributed by atoms with Gasteiger partial charge >= 0.3 is 0 Å². The first-order valence-electron chi connectivity index (χ1n) is 4.57. The zero-order valence-electron chi connectivity index (χ0n) is 8.65. The number of hydrogen-bond donors (Lipinski definition) is 1. The summed E-state index contributed by atoms with van der Waals surface area (Å²) >= 11 is 0. The lowest BCUT2D eigenvalue weighted by molar-refractivity contribution is 0.497. The molecule has 14 heavy (non-hydrogen) atoms. The summed E-state index contributed by atoms with van der Waals surface area (Å²) in [5.41, 5.74) is 7.34. The van der Waals surface area contributed by atoms with Gasteiger partial charge in [-0.3, -0.25) is 0 Å². The molecule has 0 radical (unpaired) electrons. The predicted molar refractivity (Wildman–Crippen MR) is 55.7 cm³/mol. The van der Waals surface area contributed by atoms with Crippen LogP contribution in [0.5, 0.6) is 0 Å². The minimum atomic E-state index is -0.435. The van der Waals surface area contributed by atoms with Crippen LogP contribution in [0.25, 0.3) is 11.2 Å². The Kier molecular flexibility index (Phi) is 1.82. The molecule has 4 nitrogen and oxygen atoms in total. The topological polar surface area (TPSA) is 56.7 Å². The Bertz CT molecular complexity index is 464. The number of aromatic nitrogens is 3. The molecule has 2 heterocycles. The SMILES string of the molecule is Cn1c(C(C)(C)N)nc2cccnc21. The summed E-state index contributed by atoms with van der Waals surface area (Å²) in [4.78, 5) is 8.72. The van der Waals surface area contributed by atoms with E-state index < -0.39 is 5.54 Å². The average molecular weight is 190 g/mol. The van der Waals surface area contributed by atoms with Gasteiger partial charge in [0.1, 0.15) is 11.3 Å². The van der Waals surface area contributed by atoms with Gasteiger partial charge in [0, 0.05) is 13.2 Å². The van der Waals surface area contributed by atoms with E-state index in [1.807, 2.05) is 37.6 Å². The van der Waals surface area contributed by atoms with Gasteiger partial charge in [-0.05, 0) is 26.0 Å². The summed E-state index contributed by atoms with van der Waals surface area (Å²) in [6.45, 7) is 3.88. The number of nitrogens with two attached hydrogens (primary N) is 1. The number of imidazole rings is 1. The van der Waals surface area contributed by atoms with Crippen LogP contribution in [0, 0.1) is 0 Å². The molecular formula is C10H14N4. The maximum absolute atomic E-state index is 6.01. The minimum absolute atomic E-state index is 0.435. The number of aryl methyl sites for hydroxylation is 1. The molecular weight excluding hydrogens is 176 g/mol. The molecule has 0 fully saturated rings. The van der Waals surface area contributed by atoms with Gasteiger partial charge in [-0.25, -0.2) is 9.97 Å². The summed E-state index contributed by atoms with van der Waals surface area (Å²) in [5.74, 6) is 0.853. The smallest absolute Gasteiger partial charge is 0.159 e. The molecule has 0 aromatic carbocycles. The van der Waals surface area contributed by atoms with Crippen molar-refractivity contribution in [3.8, 4) is 0 Å². The fraction of sp³-hybridized carbons (Fsp3) is 0.400. The lowest BCUT2D eigenvalue weighted by Crippen LogP contribution is -2.32. The quantitative estimate of drug-likeness (QED) is 0.734. The Labute approximate surface area is 82.8 Å². The van der Waals surface area contributed by atoms with Gasteiger partial charge in [0.05, 0.1) is 5.54 Å². The Morgan fingerprint density at radius 2 is 2.14 bits per heavy atom. The molecule has 2 rings (SSSR count). The third kappa shape index (κ3) is 1.28. The molecule has 4 heteroatoms. The molecule has 0 unspecified atom stereocenters. The van der Waals surface area contributed by atoms with Crippen LogP contribution >= 0.6 is 0 Å². The summed E-state index contributed by atoms with van der Waals surface area (Å²) < 4.78 is 1.94. The maximum atomic E-state index is 6.01. The summed E-state index contributed by atoms with van der Waals surface area (Å²) in [7, 11) is 1.94. The van der Waals surface area contributed by atoms with Crippen molar-refractivity contribution >= 4 is 11.2 Å². The van der Waals surface area contributed by atoms with Crippen molar-refractivity contribution in [3.63, 3.8) is 0 Å². The van der Waals surface area contributed by atoms with E-state index in [2.05, 4.69) is 9.97 Å². The normalized spacial score (nSPS) is 12.3. The number of fused-ring (bicyclic) bond motifs is 1. The van der Waals surface area contributed by atoms with Gasteiger partial charge in [-0.2, -0.15) is 0 Å². The van der Waals surface area contributed by atoms with Crippen molar-refractivity contribution < 1.29 is 0 Å². The Morgan fingerprint density at radius 3 is 2.71 bits per heavy atom. The molecule has 2 aromatic heterocycles. The Balaban J connectivity index is 2.75. The third-order valence-corrected chi connectivity index (χ3v) is 2.20. The highest BCUT2D eigenvalue weighted by Gasteiger charge is 2.21. The molecule has 2 aromatic rings.